The predicted octanol–water partition coefficient (Wildman–Crippen LogP) is 2.23. The quantitative estimate of drug-likeness (QED) is 0.657. The number of hydrogen-bond acceptors (Lipinski definition) is 6. The summed E-state index contributed by atoms with van der Waals surface area (Å²) in [6.45, 7) is 8.69. The lowest BCUT2D eigenvalue weighted by molar-refractivity contribution is -0.143. The number of benzene rings is 1. The Kier molecular flexibility index (Phi) is 12.5. The van der Waals surface area contributed by atoms with E-state index in [9.17, 15) is 14.4 Å². The lowest BCUT2D eigenvalue weighted by Crippen LogP contribution is -2.47. The first-order valence-electron chi connectivity index (χ1n) is 9.25. The monoisotopic (exact) mass is 394 g/mol. The zero-order valence-corrected chi connectivity index (χ0v) is 17.8. The van der Waals surface area contributed by atoms with E-state index in [1.165, 1.54) is 19.8 Å². The number of aryl methyl sites for hydroxylation is 1. The van der Waals surface area contributed by atoms with Gasteiger partial charge < -0.3 is 20.1 Å². The second-order valence-electron chi connectivity index (χ2n) is 7.55. The molecule has 0 spiro atoms. The molecule has 0 saturated heterocycles. The molecule has 7 heteroatoms. The first-order valence-corrected chi connectivity index (χ1v) is 9.25. The number of carbonyl (C=O) groups is 3. The van der Waals surface area contributed by atoms with Crippen LogP contribution in [0.2, 0.25) is 0 Å². The minimum atomic E-state index is -0.732. The van der Waals surface area contributed by atoms with Crippen molar-refractivity contribution in [1.29, 1.82) is 0 Å². The molecule has 0 saturated carbocycles. The average Bonchev–Trinajstić information content (AvgIpc) is 2.64. The number of esters is 2. The second-order valence-corrected chi connectivity index (χ2v) is 7.55. The minimum Gasteiger partial charge on any atom is -0.469 e. The topological polar surface area (TPSA) is 93.7 Å². The van der Waals surface area contributed by atoms with Crippen molar-refractivity contribution in [3.05, 3.63) is 35.9 Å². The lowest BCUT2D eigenvalue weighted by atomic mass is 9.92. The molecule has 7 nitrogen and oxygen atoms in total. The highest BCUT2D eigenvalue weighted by Gasteiger charge is 2.23. The second kappa shape index (κ2) is 13.7. The van der Waals surface area contributed by atoms with Crippen molar-refractivity contribution >= 4 is 17.8 Å². The van der Waals surface area contributed by atoms with E-state index in [-0.39, 0.29) is 18.4 Å². The summed E-state index contributed by atoms with van der Waals surface area (Å²) in [6.07, 6.45) is 0.753. The maximum absolute atomic E-state index is 12.0. The summed E-state index contributed by atoms with van der Waals surface area (Å²) >= 11 is 0. The van der Waals surface area contributed by atoms with Crippen LogP contribution in [-0.2, 0) is 23.9 Å². The van der Waals surface area contributed by atoms with Crippen LogP contribution in [0.15, 0.2) is 30.3 Å². The first kappa shape index (κ1) is 25.6. The summed E-state index contributed by atoms with van der Waals surface area (Å²) in [6, 6.07) is 9.53. The highest BCUT2D eigenvalue weighted by atomic mass is 16.5. The molecule has 0 aliphatic rings. The van der Waals surface area contributed by atoms with Crippen LogP contribution in [0.5, 0.6) is 0 Å². The molecule has 1 amide bonds. The maximum atomic E-state index is 12.0. The Bertz CT molecular complexity index is 597. The Balaban J connectivity index is 0.000000861. The van der Waals surface area contributed by atoms with Crippen LogP contribution in [0.25, 0.3) is 0 Å². The molecule has 28 heavy (non-hydrogen) atoms. The number of hydrogen-bond donors (Lipinski definition) is 2. The zero-order valence-electron chi connectivity index (χ0n) is 17.8. The van der Waals surface area contributed by atoms with Crippen molar-refractivity contribution in [3.63, 3.8) is 0 Å². The highest BCUT2D eigenvalue weighted by Crippen LogP contribution is 2.17. The predicted molar refractivity (Wildman–Crippen MR) is 109 cm³/mol. The van der Waals surface area contributed by atoms with Gasteiger partial charge in [0.2, 0.25) is 5.91 Å². The fraction of sp³-hybridized carbons (Fsp3) is 0.571. The minimum absolute atomic E-state index is 0.0896. The molecule has 0 radical (unpaired) electrons. The number of methoxy groups -OCH3 is 2. The third kappa shape index (κ3) is 13.7. The van der Waals surface area contributed by atoms with Crippen LogP contribution in [0.1, 0.15) is 39.2 Å². The Morgan fingerprint density at radius 2 is 1.57 bits per heavy atom. The molecule has 0 bridgehead atoms. The molecule has 0 aromatic heterocycles. The van der Waals surface area contributed by atoms with E-state index < -0.39 is 23.9 Å². The molecule has 1 unspecified atom stereocenters. The molecule has 0 aliphatic heterocycles. The van der Waals surface area contributed by atoms with Gasteiger partial charge >= 0.3 is 11.9 Å². The third-order valence-corrected chi connectivity index (χ3v) is 3.76. The van der Waals surface area contributed by atoms with Crippen molar-refractivity contribution in [2.45, 2.75) is 46.6 Å². The van der Waals surface area contributed by atoms with Crippen LogP contribution >= 0.6 is 0 Å². The Morgan fingerprint density at radius 3 is 2.00 bits per heavy atom. The number of carbonyl (C=O) groups excluding carboxylic acids is 3. The smallest absolute Gasteiger partial charge is 0.325 e. The van der Waals surface area contributed by atoms with E-state index in [4.69, 9.17) is 0 Å². The summed E-state index contributed by atoms with van der Waals surface area (Å²) in [4.78, 5) is 34.3. The first-order chi connectivity index (χ1) is 13.1. The maximum Gasteiger partial charge on any atom is 0.325 e. The molecular formula is C21H34N2O5. The summed E-state index contributed by atoms with van der Waals surface area (Å²) in [5.74, 6) is -1.47. The molecule has 2 N–H and O–H groups in total. The van der Waals surface area contributed by atoms with Gasteiger partial charge in [0.05, 0.1) is 26.7 Å². The van der Waals surface area contributed by atoms with Crippen molar-refractivity contribution in [1.82, 2.24) is 10.6 Å². The zero-order chi connectivity index (χ0) is 21.6. The Morgan fingerprint density at radius 1 is 1.00 bits per heavy atom. The Labute approximate surface area is 168 Å². The van der Waals surface area contributed by atoms with Crippen LogP contribution in [0.3, 0.4) is 0 Å². The molecular weight excluding hydrogens is 360 g/mol. The summed E-state index contributed by atoms with van der Waals surface area (Å²) in [7, 11) is 2.50. The van der Waals surface area contributed by atoms with Crippen LogP contribution < -0.4 is 10.6 Å². The van der Waals surface area contributed by atoms with Gasteiger partial charge in [0.25, 0.3) is 0 Å². The SMILES string of the molecule is COC(=O)CNC(=O)C(CC(=O)OC)NCCC(C)(C)C.Cc1ccccc1. The van der Waals surface area contributed by atoms with Gasteiger partial charge in [-0.3, -0.25) is 14.4 Å². The van der Waals surface area contributed by atoms with Crippen LogP contribution in [-0.4, -0.2) is 51.2 Å². The largest absolute Gasteiger partial charge is 0.469 e. The molecule has 1 atom stereocenters. The van der Waals surface area contributed by atoms with Crippen LogP contribution in [0.4, 0.5) is 0 Å². The lowest BCUT2D eigenvalue weighted by Gasteiger charge is -2.21. The summed E-state index contributed by atoms with van der Waals surface area (Å²) in [5.41, 5.74) is 1.44. The summed E-state index contributed by atoms with van der Waals surface area (Å²) < 4.78 is 9.02. The average molecular weight is 395 g/mol. The van der Waals surface area contributed by atoms with E-state index in [0.717, 1.165) is 6.42 Å². The third-order valence-electron chi connectivity index (χ3n) is 3.76. The molecule has 1 rings (SSSR count). The van der Waals surface area contributed by atoms with Crippen molar-refractivity contribution in [3.8, 4) is 0 Å². The van der Waals surface area contributed by atoms with Gasteiger partial charge in [-0.2, -0.15) is 0 Å². The van der Waals surface area contributed by atoms with E-state index in [2.05, 4.69) is 59.9 Å². The van der Waals surface area contributed by atoms with Crippen molar-refractivity contribution < 1.29 is 23.9 Å². The number of rotatable bonds is 8. The van der Waals surface area contributed by atoms with E-state index in [1.54, 1.807) is 0 Å². The fourth-order valence-corrected chi connectivity index (χ4v) is 2.02. The van der Waals surface area contributed by atoms with E-state index in [1.807, 2.05) is 18.2 Å². The van der Waals surface area contributed by atoms with Gasteiger partial charge in [0, 0.05) is 0 Å². The van der Waals surface area contributed by atoms with E-state index in [0.29, 0.717) is 6.54 Å². The fourth-order valence-electron chi connectivity index (χ4n) is 2.02. The van der Waals surface area contributed by atoms with E-state index >= 15 is 0 Å². The van der Waals surface area contributed by atoms with Gasteiger partial charge in [-0.05, 0) is 25.3 Å². The molecule has 1 aromatic rings. The summed E-state index contributed by atoms with van der Waals surface area (Å²) in [5, 5.41) is 5.44. The van der Waals surface area contributed by atoms with Gasteiger partial charge in [0.15, 0.2) is 0 Å². The molecule has 0 fully saturated rings. The molecule has 158 valence electrons. The van der Waals surface area contributed by atoms with Gasteiger partial charge in [-0.15, -0.1) is 0 Å². The molecule has 0 heterocycles. The van der Waals surface area contributed by atoms with Crippen LogP contribution in [0, 0.1) is 12.3 Å². The van der Waals surface area contributed by atoms with Gasteiger partial charge in [0.1, 0.15) is 6.54 Å². The number of ether oxygens (including phenoxy) is 2. The highest BCUT2D eigenvalue weighted by molar-refractivity contribution is 5.88. The molecule has 1 aromatic carbocycles. The normalized spacial score (nSPS) is 11.5. The number of amides is 1. The van der Waals surface area contributed by atoms with Crippen molar-refractivity contribution in [2.24, 2.45) is 5.41 Å². The van der Waals surface area contributed by atoms with Gasteiger partial charge in [-0.25, -0.2) is 0 Å². The van der Waals surface area contributed by atoms with Gasteiger partial charge in [-0.1, -0.05) is 56.7 Å². The number of nitrogens with one attached hydrogen (secondary N) is 2. The standard InChI is InChI=1S/C14H26N2O5.C7H8/c1-14(2,3)6-7-15-10(8-11(17)20-4)13(19)16-9-12(18)21-5;1-7-5-3-2-4-6-7/h10,15H,6-9H2,1-5H3,(H,16,19);2-6H,1H3. The van der Waals surface area contributed by atoms with Crippen molar-refractivity contribution in [2.75, 3.05) is 27.3 Å². The Hall–Kier alpha value is -2.41. The molecule has 0 aliphatic carbocycles.